The van der Waals surface area contributed by atoms with Crippen molar-refractivity contribution in [2.45, 2.75) is 103 Å². The van der Waals surface area contributed by atoms with E-state index in [2.05, 4.69) is 44.3 Å². The SMILES string of the molecule is CCCCCCCCCC[N+](C)(Cc1ccccc1)C1CCCCC1. The van der Waals surface area contributed by atoms with Gasteiger partial charge in [0.05, 0.1) is 19.6 Å². The second kappa shape index (κ2) is 11.7. The van der Waals surface area contributed by atoms with Crippen LogP contribution >= 0.6 is 0 Å². The summed E-state index contributed by atoms with van der Waals surface area (Å²) >= 11 is 0. The smallest absolute Gasteiger partial charge is 0.104 e. The fourth-order valence-corrected chi connectivity index (χ4v) is 4.70. The molecule has 1 atom stereocenters. The summed E-state index contributed by atoms with van der Waals surface area (Å²) in [6.45, 7) is 4.90. The van der Waals surface area contributed by atoms with Gasteiger partial charge in [0, 0.05) is 5.56 Å². The van der Waals surface area contributed by atoms with Gasteiger partial charge < -0.3 is 4.48 Å². The van der Waals surface area contributed by atoms with E-state index in [0.29, 0.717) is 0 Å². The van der Waals surface area contributed by atoms with E-state index in [-0.39, 0.29) is 0 Å². The number of benzene rings is 1. The summed E-state index contributed by atoms with van der Waals surface area (Å²) in [5.41, 5.74) is 1.52. The first-order valence-electron chi connectivity index (χ1n) is 11.1. The average Bonchev–Trinajstić information content (AvgIpc) is 2.65. The van der Waals surface area contributed by atoms with Crippen molar-refractivity contribution in [2.75, 3.05) is 13.6 Å². The largest absolute Gasteiger partial charge is 0.320 e. The van der Waals surface area contributed by atoms with Gasteiger partial charge >= 0.3 is 0 Å². The Morgan fingerprint density at radius 2 is 1.40 bits per heavy atom. The summed E-state index contributed by atoms with van der Waals surface area (Å²) in [7, 11) is 2.55. The van der Waals surface area contributed by atoms with Crippen molar-refractivity contribution < 1.29 is 4.48 Å². The van der Waals surface area contributed by atoms with Gasteiger partial charge in [-0.1, -0.05) is 82.2 Å². The number of hydrogen-bond donors (Lipinski definition) is 0. The molecule has 1 fully saturated rings. The minimum atomic E-state index is 0.888. The van der Waals surface area contributed by atoms with Crippen LogP contribution in [0.15, 0.2) is 30.3 Å². The molecule has 0 aliphatic heterocycles. The monoisotopic (exact) mass is 344 g/mol. The molecule has 1 aromatic rings. The highest BCUT2D eigenvalue weighted by atomic mass is 15.4. The Hall–Kier alpha value is -0.820. The van der Waals surface area contributed by atoms with Gasteiger partial charge in [0.25, 0.3) is 0 Å². The summed E-state index contributed by atoms with van der Waals surface area (Å²) in [5, 5.41) is 0. The molecule has 25 heavy (non-hydrogen) atoms. The lowest BCUT2D eigenvalue weighted by Crippen LogP contribution is -2.52. The van der Waals surface area contributed by atoms with Crippen molar-refractivity contribution in [1.82, 2.24) is 0 Å². The Balaban J connectivity index is 1.80. The Labute approximate surface area is 157 Å². The Morgan fingerprint density at radius 3 is 2.04 bits per heavy atom. The Kier molecular flexibility index (Phi) is 9.61. The maximum Gasteiger partial charge on any atom is 0.104 e. The molecule has 0 N–H and O–H groups in total. The predicted molar refractivity (Wildman–Crippen MR) is 111 cm³/mol. The van der Waals surface area contributed by atoms with Crippen LogP contribution in [0.2, 0.25) is 0 Å². The Bertz CT molecular complexity index is 435. The molecule has 1 aromatic carbocycles. The number of rotatable bonds is 12. The molecule has 0 radical (unpaired) electrons. The lowest BCUT2D eigenvalue weighted by atomic mass is 9.91. The molecule has 0 heterocycles. The normalized spacial score (nSPS) is 18.2. The minimum Gasteiger partial charge on any atom is -0.320 e. The molecule has 1 heteroatoms. The van der Waals surface area contributed by atoms with Gasteiger partial charge in [-0.3, -0.25) is 0 Å². The lowest BCUT2D eigenvalue weighted by molar-refractivity contribution is -0.947. The van der Waals surface area contributed by atoms with Crippen LogP contribution in [0.25, 0.3) is 0 Å². The zero-order chi connectivity index (χ0) is 17.8. The standard InChI is InChI=1S/C24H42N/c1-3-4-5-6-7-8-9-16-21-25(2,24-19-14-11-15-20-24)22-23-17-12-10-13-18-23/h10,12-13,17-18,24H,3-9,11,14-16,19-22H2,1-2H3/q+1. The molecule has 0 aromatic heterocycles. The summed E-state index contributed by atoms with van der Waals surface area (Å²) in [4.78, 5) is 0. The number of quaternary nitrogens is 1. The quantitative estimate of drug-likeness (QED) is 0.280. The van der Waals surface area contributed by atoms with Crippen molar-refractivity contribution in [3.05, 3.63) is 35.9 Å². The number of nitrogens with zero attached hydrogens (tertiary/aromatic N) is 1. The van der Waals surface area contributed by atoms with Gasteiger partial charge in [0.15, 0.2) is 0 Å². The van der Waals surface area contributed by atoms with E-state index < -0.39 is 0 Å². The molecule has 0 saturated heterocycles. The molecule has 1 saturated carbocycles. The van der Waals surface area contributed by atoms with Crippen molar-refractivity contribution >= 4 is 0 Å². The first kappa shape index (κ1) is 20.5. The van der Waals surface area contributed by atoms with Gasteiger partial charge in [-0.25, -0.2) is 0 Å². The van der Waals surface area contributed by atoms with E-state index in [0.717, 1.165) is 6.04 Å². The van der Waals surface area contributed by atoms with Crippen molar-refractivity contribution in [2.24, 2.45) is 0 Å². The highest BCUT2D eigenvalue weighted by Gasteiger charge is 2.33. The molecular formula is C24H42N+. The van der Waals surface area contributed by atoms with E-state index in [1.54, 1.807) is 0 Å². The Morgan fingerprint density at radius 1 is 0.800 bits per heavy atom. The van der Waals surface area contributed by atoms with Crippen LogP contribution in [0.4, 0.5) is 0 Å². The average molecular weight is 345 g/mol. The molecule has 0 spiro atoms. The van der Waals surface area contributed by atoms with Crippen molar-refractivity contribution in [3.63, 3.8) is 0 Å². The molecule has 1 nitrogen and oxygen atoms in total. The fourth-order valence-electron chi connectivity index (χ4n) is 4.70. The molecule has 1 aliphatic rings. The van der Waals surface area contributed by atoms with Gasteiger partial charge in [-0.15, -0.1) is 0 Å². The zero-order valence-electron chi connectivity index (χ0n) is 17.0. The molecule has 1 unspecified atom stereocenters. The van der Waals surface area contributed by atoms with Gasteiger partial charge in [0.2, 0.25) is 0 Å². The van der Waals surface area contributed by atoms with E-state index in [1.165, 1.54) is 107 Å². The predicted octanol–water partition coefficient (Wildman–Crippen LogP) is 7.11. The zero-order valence-corrected chi connectivity index (χ0v) is 17.0. The molecule has 0 bridgehead atoms. The number of unbranched alkanes of at least 4 members (excludes halogenated alkanes) is 7. The molecule has 142 valence electrons. The van der Waals surface area contributed by atoms with Crippen molar-refractivity contribution in [1.29, 1.82) is 0 Å². The van der Waals surface area contributed by atoms with E-state index in [9.17, 15) is 0 Å². The molecule has 1 aliphatic carbocycles. The first-order valence-corrected chi connectivity index (χ1v) is 11.1. The molecule has 0 amide bonds. The van der Waals surface area contributed by atoms with E-state index >= 15 is 0 Å². The van der Waals surface area contributed by atoms with Crippen LogP contribution in [0, 0.1) is 0 Å². The van der Waals surface area contributed by atoms with Gasteiger partial charge in [-0.05, 0) is 38.5 Å². The lowest BCUT2D eigenvalue weighted by Gasteiger charge is -2.44. The van der Waals surface area contributed by atoms with Crippen LogP contribution < -0.4 is 0 Å². The highest BCUT2D eigenvalue weighted by molar-refractivity contribution is 5.13. The summed E-state index contributed by atoms with van der Waals surface area (Å²) < 4.78 is 1.28. The van der Waals surface area contributed by atoms with Crippen LogP contribution in [-0.4, -0.2) is 24.1 Å². The third-order valence-electron chi connectivity index (χ3n) is 6.37. The van der Waals surface area contributed by atoms with E-state index in [4.69, 9.17) is 0 Å². The third kappa shape index (κ3) is 7.52. The highest BCUT2D eigenvalue weighted by Crippen LogP contribution is 2.30. The maximum atomic E-state index is 2.55. The van der Waals surface area contributed by atoms with Crippen LogP contribution in [0.5, 0.6) is 0 Å². The summed E-state index contributed by atoms with van der Waals surface area (Å²) in [6.07, 6.45) is 18.7. The maximum absolute atomic E-state index is 2.55. The third-order valence-corrected chi connectivity index (χ3v) is 6.37. The van der Waals surface area contributed by atoms with Crippen molar-refractivity contribution in [3.8, 4) is 0 Å². The first-order chi connectivity index (χ1) is 12.2. The van der Waals surface area contributed by atoms with Gasteiger partial charge in [0.1, 0.15) is 6.54 Å². The minimum absolute atomic E-state index is 0.888. The molecular weight excluding hydrogens is 302 g/mol. The van der Waals surface area contributed by atoms with Crippen LogP contribution in [0.1, 0.15) is 96.0 Å². The van der Waals surface area contributed by atoms with Gasteiger partial charge in [-0.2, -0.15) is 0 Å². The van der Waals surface area contributed by atoms with Crippen LogP contribution in [0.3, 0.4) is 0 Å². The fraction of sp³-hybridized carbons (Fsp3) is 0.750. The summed E-state index contributed by atoms with van der Waals surface area (Å²) in [5.74, 6) is 0. The second-order valence-corrected chi connectivity index (χ2v) is 8.61. The number of hydrogen-bond acceptors (Lipinski definition) is 0. The molecule has 2 rings (SSSR count). The van der Waals surface area contributed by atoms with Crippen LogP contribution in [-0.2, 0) is 6.54 Å². The summed E-state index contributed by atoms with van der Waals surface area (Å²) in [6, 6.07) is 12.1. The second-order valence-electron chi connectivity index (χ2n) is 8.61. The van der Waals surface area contributed by atoms with E-state index in [1.807, 2.05) is 0 Å². The topological polar surface area (TPSA) is 0 Å².